The molecule has 0 aliphatic heterocycles. The summed E-state index contributed by atoms with van der Waals surface area (Å²) in [7, 11) is 0. The van der Waals surface area contributed by atoms with Crippen molar-refractivity contribution in [2.24, 2.45) is 0 Å². The summed E-state index contributed by atoms with van der Waals surface area (Å²) in [6.07, 6.45) is 0. The highest BCUT2D eigenvalue weighted by atomic mass is 32.1. The van der Waals surface area contributed by atoms with Gasteiger partial charge in [-0.1, -0.05) is 12.1 Å². The lowest BCUT2D eigenvalue weighted by Crippen LogP contribution is -2.08. The topological polar surface area (TPSA) is 64.6 Å². The van der Waals surface area contributed by atoms with Gasteiger partial charge in [0.15, 0.2) is 17.3 Å². The summed E-state index contributed by atoms with van der Waals surface area (Å²) < 4.78 is 11.1. The molecular formula is C22H21NO4S. The Kier molecular flexibility index (Phi) is 6.45. The van der Waals surface area contributed by atoms with Crippen LogP contribution in [0.3, 0.4) is 0 Å². The van der Waals surface area contributed by atoms with E-state index >= 15 is 0 Å². The van der Waals surface area contributed by atoms with Gasteiger partial charge in [0.25, 0.3) is 0 Å². The molecule has 144 valence electrons. The summed E-state index contributed by atoms with van der Waals surface area (Å²) in [4.78, 5) is 24.1. The van der Waals surface area contributed by atoms with Crippen LogP contribution in [0.5, 0.6) is 11.5 Å². The van der Waals surface area contributed by atoms with Gasteiger partial charge in [-0.3, -0.25) is 4.79 Å². The highest BCUT2D eigenvalue weighted by Gasteiger charge is 2.14. The molecule has 1 N–H and O–H groups in total. The summed E-state index contributed by atoms with van der Waals surface area (Å²) in [6, 6.07) is 16.4. The van der Waals surface area contributed by atoms with Crippen LogP contribution in [0.1, 0.15) is 39.4 Å². The SMILES string of the molecule is CCOc1cc(CNc2ccc(C(C)=O)cc2)ccc1OC(=O)c1cccs1. The minimum atomic E-state index is -0.396. The molecule has 5 nitrogen and oxygen atoms in total. The van der Waals surface area contributed by atoms with Gasteiger partial charge in [-0.2, -0.15) is 0 Å². The molecule has 0 bridgehead atoms. The predicted octanol–water partition coefficient (Wildman–Crippen LogP) is 5.18. The summed E-state index contributed by atoms with van der Waals surface area (Å²) in [5, 5.41) is 5.14. The van der Waals surface area contributed by atoms with Crippen molar-refractivity contribution in [1.82, 2.24) is 0 Å². The largest absolute Gasteiger partial charge is 0.490 e. The molecule has 3 rings (SSSR count). The van der Waals surface area contributed by atoms with E-state index < -0.39 is 5.97 Å². The molecule has 0 atom stereocenters. The number of thiophene rings is 1. The van der Waals surface area contributed by atoms with E-state index in [2.05, 4.69) is 5.32 Å². The average Bonchev–Trinajstić information content (AvgIpc) is 3.23. The molecule has 0 aliphatic carbocycles. The van der Waals surface area contributed by atoms with Crippen molar-refractivity contribution < 1.29 is 19.1 Å². The number of anilines is 1. The van der Waals surface area contributed by atoms with E-state index in [1.165, 1.54) is 11.3 Å². The van der Waals surface area contributed by atoms with Crippen molar-refractivity contribution in [3.05, 3.63) is 76.0 Å². The Hall–Kier alpha value is -3.12. The number of benzene rings is 2. The Morgan fingerprint density at radius 1 is 1.04 bits per heavy atom. The van der Waals surface area contributed by atoms with Gasteiger partial charge in [-0.25, -0.2) is 4.79 Å². The molecule has 0 amide bonds. The highest BCUT2D eigenvalue weighted by molar-refractivity contribution is 7.12. The number of hydrogen-bond acceptors (Lipinski definition) is 6. The Morgan fingerprint density at radius 2 is 1.82 bits per heavy atom. The Balaban J connectivity index is 1.69. The number of Topliss-reactive ketones (excluding diaryl/α,β-unsaturated/α-hetero) is 1. The molecule has 0 fully saturated rings. The van der Waals surface area contributed by atoms with Gasteiger partial charge in [0.1, 0.15) is 4.88 Å². The third kappa shape index (κ3) is 4.98. The molecule has 0 unspecified atom stereocenters. The van der Waals surface area contributed by atoms with Crippen LogP contribution in [0.4, 0.5) is 5.69 Å². The van der Waals surface area contributed by atoms with E-state index in [1.54, 1.807) is 31.2 Å². The van der Waals surface area contributed by atoms with E-state index in [0.717, 1.165) is 11.3 Å². The van der Waals surface area contributed by atoms with Gasteiger partial charge in [0.05, 0.1) is 6.61 Å². The quantitative estimate of drug-likeness (QED) is 0.323. The fourth-order valence-electron chi connectivity index (χ4n) is 2.59. The zero-order valence-corrected chi connectivity index (χ0v) is 16.5. The Labute approximate surface area is 167 Å². The molecule has 0 radical (unpaired) electrons. The number of carbonyl (C=O) groups excluding carboxylic acids is 2. The predicted molar refractivity (Wildman–Crippen MR) is 111 cm³/mol. The second kappa shape index (κ2) is 9.19. The Bertz CT molecular complexity index is 949. The van der Waals surface area contributed by atoms with E-state index in [0.29, 0.717) is 35.1 Å². The molecule has 1 aromatic heterocycles. The van der Waals surface area contributed by atoms with Gasteiger partial charge in [0.2, 0.25) is 0 Å². The zero-order chi connectivity index (χ0) is 19.9. The van der Waals surface area contributed by atoms with Gasteiger partial charge in [0, 0.05) is 17.8 Å². The molecule has 0 spiro atoms. The van der Waals surface area contributed by atoms with Crippen molar-refractivity contribution in [1.29, 1.82) is 0 Å². The van der Waals surface area contributed by atoms with Gasteiger partial charge >= 0.3 is 5.97 Å². The van der Waals surface area contributed by atoms with Crippen LogP contribution >= 0.6 is 11.3 Å². The van der Waals surface area contributed by atoms with Crippen LogP contribution in [0.15, 0.2) is 60.0 Å². The number of ketones is 1. The number of nitrogens with one attached hydrogen (secondary N) is 1. The molecule has 0 saturated heterocycles. The number of ether oxygens (including phenoxy) is 2. The molecule has 28 heavy (non-hydrogen) atoms. The summed E-state index contributed by atoms with van der Waals surface area (Å²) in [5.74, 6) is 0.571. The van der Waals surface area contributed by atoms with Crippen molar-refractivity contribution in [3.8, 4) is 11.5 Å². The van der Waals surface area contributed by atoms with E-state index in [1.807, 2.05) is 42.6 Å². The highest BCUT2D eigenvalue weighted by Crippen LogP contribution is 2.30. The lowest BCUT2D eigenvalue weighted by molar-refractivity contribution is 0.0733. The summed E-state index contributed by atoms with van der Waals surface area (Å²) >= 11 is 1.33. The third-order valence-electron chi connectivity index (χ3n) is 4.02. The van der Waals surface area contributed by atoms with Crippen molar-refractivity contribution in [3.63, 3.8) is 0 Å². The van der Waals surface area contributed by atoms with Crippen LogP contribution in [-0.4, -0.2) is 18.4 Å². The van der Waals surface area contributed by atoms with Gasteiger partial charge in [-0.15, -0.1) is 11.3 Å². The second-order valence-electron chi connectivity index (χ2n) is 6.07. The smallest absolute Gasteiger partial charge is 0.353 e. The first kappa shape index (κ1) is 19.6. The average molecular weight is 395 g/mol. The van der Waals surface area contributed by atoms with Crippen molar-refractivity contribution in [2.75, 3.05) is 11.9 Å². The fourth-order valence-corrected chi connectivity index (χ4v) is 3.19. The lowest BCUT2D eigenvalue weighted by atomic mass is 10.1. The maximum atomic E-state index is 12.2. The zero-order valence-electron chi connectivity index (χ0n) is 15.7. The number of hydrogen-bond donors (Lipinski definition) is 1. The monoisotopic (exact) mass is 395 g/mol. The van der Waals surface area contributed by atoms with E-state index in [-0.39, 0.29) is 5.78 Å². The molecule has 3 aromatic rings. The third-order valence-corrected chi connectivity index (χ3v) is 4.87. The minimum Gasteiger partial charge on any atom is -0.490 e. The number of rotatable bonds is 8. The van der Waals surface area contributed by atoms with E-state index in [4.69, 9.17) is 9.47 Å². The maximum Gasteiger partial charge on any atom is 0.353 e. The van der Waals surface area contributed by atoms with Crippen molar-refractivity contribution >= 4 is 28.8 Å². The summed E-state index contributed by atoms with van der Waals surface area (Å²) in [5.41, 5.74) is 2.58. The normalized spacial score (nSPS) is 10.4. The molecular weight excluding hydrogens is 374 g/mol. The fraction of sp³-hybridized carbons (Fsp3) is 0.182. The van der Waals surface area contributed by atoms with Gasteiger partial charge < -0.3 is 14.8 Å². The number of carbonyl (C=O) groups is 2. The second-order valence-corrected chi connectivity index (χ2v) is 7.02. The summed E-state index contributed by atoms with van der Waals surface area (Å²) in [6.45, 7) is 4.46. The van der Waals surface area contributed by atoms with Crippen molar-refractivity contribution in [2.45, 2.75) is 20.4 Å². The number of esters is 1. The maximum absolute atomic E-state index is 12.2. The molecule has 1 heterocycles. The Morgan fingerprint density at radius 3 is 2.46 bits per heavy atom. The van der Waals surface area contributed by atoms with Crippen LogP contribution in [-0.2, 0) is 6.54 Å². The van der Waals surface area contributed by atoms with Crippen LogP contribution < -0.4 is 14.8 Å². The first-order valence-electron chi connectivity index (χ1n) is 8.93. The first-order valence-corrected chi connectivity index (χ1v) is 9.81. The van der Waals surface area contributed by atoms with Gasteiger partial charge in [-0.05, 0) is 67.3 Å². The first-order chi connectivity index (χ1) is 13.6. The van der Waals surface area contributed by atoms with E-state index in [9.17, 15) is 9.59 Å². The minimum absolute atomic E-state index is 0.0422. The molecule has 2 aromatic carbocycles. The standard InChI is InChI=1S/C22H21NO4S/c1-3-26-20-13-16(14-23-18-9-7-17(8-10-18)15(2)24)6-11-19(20)27-22(25)21-5-4-12-28-21/h4-13,23H,3,14H2,1-2H3. The van der Waals surface area contributed by atoms with Crippen LogP contribution in [0.25, 0.3) is 0 Å². The molecule has 0 saturated carbocycles. The van der Waals surface area contributed by atoms with Crippen LogP contribution in [0.2, 0.25) is 0 Å². The van der Waals surface area contributed by atoms with Crippen LogP contribution in [0, 0.1) is 0 Å². The lowest BCUT2D eigenvalue weighted by Gasteiger charge is -2.13. The molecule has 6 heteroatoms. The molecule has 0 aliphatic rings.